The summed E-state index contributed by atoms with van der Waals surface area (Å²) in [6, 6.07) is 12.0. The molecule has 0 saturated heterocycles. The molecule has 4 heteroatoms. The number of carbonyl (C=O) groups is 1. The fourth-order valence-electron chi connectivity index (χ4n) is 3.75. The molecule has 2 aromatic carbocycles. The molecule has 0 unspecified atom stereocenters. The molecule has 23 heavy (non-hydrogen) atoms. The van der Waals surface area contributed by atoms with E-state index in [1.54, 1.807) is 18.2 Å². The summed E-state index contributed by atoms with van der Waals surface area (Å²) < 4.78 is 14.2. The van der Waals surface area contributed by atoms with Crippen molar-refractivity contribution in [2.24, 2.45) is 5.92 Å². The summed E-state index contributed by atoms with van der Waals surface area (Å²) in [5, 5.41) is 12.4. The molecule has 4 rings (SSSR count). The molecule has 0 bridgehead atoms. The maximum Gasteiger partial charge on any atom is 0.335 e. The number of carboxylic acid groups (broad SMARTS) is 1. The largest absolute Gasteiger partial charge is 0.478 e. The molecule has 1 aliphatic heterocycles. The van der Waals surface area contributed by atoms with E-state index in [1.807, 2.05) is 18.2 Å². The van der Waals surface area contributed by atoms with E-state index in [0.29, 0.717) is 11.6 Å². The fraction of sp³-hybridized carbons (Fsp3) is 0.211. The normalized spacial score (nSPS) is 24.7. The van der Waals surface area contributed by atoms with Crippen molar-refractivity contribution in [1.82, 2.24) is 0 Å². The van der Waals surface area contributed by atoms with E-state index in [2.05, 4.69) is 17.5 Å². The lowest BCUT2D eigenvalue weighted by molar-refractivity contribution is 0.0697. The highest BCUT2D eigenvalue weighted by Crippen LogP contribution is 2.50. The van der Waals surface area contributed by atoms with Gasteiger partial charge in [-0.05, 0) is 41.7 Å². The second-order valence-electron chi connectivity index (χ2n) is 6.11. The first-order valence-corrected chi connectivity index (χ1v) is 7.70. The number of carboxylic acids is 1. The van der Waals surface area contributed by atoms with Crippen LogP contribution < -0.4 is 5.32 Å². The van der Waals surface area contributed by atoms with Gasteiger partial charge in [0.15, 0.2) is 0 Å². The van der Waals surface area contributed by atoms with Crippen molar-refractivity contribution in [2.45, 2.75) is 18.4 Å². The molecule has 116 valence electrons. The monoisotopic (exact) mass is 309 g/mol. The number of nitrogens with one attached hydrogen (secondary N) is 1. The third-order valence-corrected chi connectivity index (χ3v) is 4.86. The van der Waals surface area contributed by atoms with E-state index in [-0.39, 0.29) is 23.3 Å². The maximum absolute atomic E-state index is 14.2. The zero-order chi connectivity index (χ0) is 16.0. The van der Waals surface area contributed by atoms with Gasteiger partial charge in [-0.2, -0.15) is 0 Å². The Labute approximate surface area is 133 Å². The van der Waals surface area contributed by atoms with E-state index in [4.69, 9.17) is 5.11 Å². The van der Waals surface area contributed by atoms with E-state index in [1.165, 1.54) is 6.07 Å². The zero-order valence-corrected chi connectivity index (χ0v) is 12.4. The molecule has 2 aromatic rings. The van der Waals surface area contributed by atoms with Crippen molar-refractivity contribution in [3.05, 3.63) is 77.1 Å². The minimum atomic E-state index is -0.940. The van der Waals surface area contributed by atoms with Crippen LogP contribution in [-0.2, 0) is 0 Å². The van der Waals surface area contributed by atoms with E-state index >= 15 is 0 Å². The van der Waals surface area contributed by atoms with Gasteiger partial charge in [0.2, 0.25) is 0 Å². The number of aromatic carboxylic acids is 1. The van der Waals surface area contributed by atoms with Crippen LogP contribution in [0.3, 0.4) is 0 Å². The van der Waals surface area contributed by atoms with Crippen LogP contribution in [0.4, 0.5) is 10.1 Å². The van der Waals surface area contributed by atoms with Gasteiger partial charge in [-0.1, -0.05) is 36.4 Å². The maximum atomic E-state index is 14.2. The van der Waals surface area contributed by atoms with Crippen LogP contribution in [-0.4, -0.2) is 11.1 Å². The quantitative estimate of drug-likeness (QED) is 0.811. The number of para-hydroxylation sites is 1. The van der Waals surface area contributed by atoms with Crippen molar-refractivity contribution in [3.8, 4) is 0 Å². The van der Waals surface area contributed by atoms with Crippen molar-refractivity contribution in [3.63, 3.8) is 0 Å². The molecule has 1 heterocycles. The van der Waals surface area contributed by atoms with Crippen molar-refractivity contribution < 1.29 is 14.3 Å². The van der Waals surface area contributed by atoms with Gasteiger partial charge in [0.1, 0.15) is 5.82 Å². The average Bonchev–Trinajstić information content (AvgIpc) is 3.04. The Balaban J connectivity index is 1.75. The van der Waals surface area contributed by atoms with Gasteiger partial charge in [0.05, 0.1) is 17.3 Å². The first-order valence-electron chi connectivity index (χ1n) is 7.70. The number of benzene rings is 2. The van der Waals surface area contributed by atoms with E-state index in [9.17, 15) is 9.18 Å². The fourth-order valence-corrected chi connectivity index (χ4v) is 3.75. The molecule has 0 amide bonds. The number of rotatable bonds is 2. The first-order chi connectivity index (χ1) is 11.1. The number of hydrogen-bond acceptors (Lipinski definition) is 2. The summed E-state index contributed by atoms with van der Waals surface area (Å²) in [5.74, 6) is -0.663. The van der Waals surface area contributed by atoms with Crippen molar-refractivity contribution >= 4 is 11.7 Å². The molecular weight excluding hydrogens is 293 g/mol. The van der Waals surface area contributed by atoms with Crippen LogP contribution in [0, 0.1) is 11.7 Å². The SMILES string of the molecule is O=C(O)c1ccc([C@H]2Nc3c(F)cccc3[C@H]3C=CC[C@@H]32)cc1. The highest BCUT2D eigenvalue weighted by atomic mass is 19.1. The summed E-state index contributed by atoms with van der Waals surface area (Å²) in [4.78, 5) is 11.0. The van der Waals surface area contributed by atoms with Crippen LogP contribution in [0.15, 0.2) is 54.6 Å². The highest BCUT2D eigenvalue weighted by Gasteiger charge is 2.38. The molecule has 0 fully saturated rings. The van der Waals surface area contributed by atoms with Gasteiger partial charge in [-0.25, -0.2) is 9.18 Å². The van der Waals surface area contributed by atoms with E-state index < -0.39 is 5.97 Å². The number of fused-ring (bicyclic) bond motifs is 3. The Morgan fingerprint density at radius 1 is 1.17 bits per heavy atom. The minimum absolute atomic E-state index is 0.0257. The molecule has 0 aromatic heterocycles. The minimum Gasteiger partial charge on any atom is -0.478 e. The Morgan fingerprint density at radius 2 is 1.96 bits per heavy atom. The van der Waals surface area contributed by atoms with Gasteiger partial charge in [0, 0.05) is 5.92 Å². The smallest absolute Gasteiger partial charge is 0.335 e. The van der Waals surface area contributed by atoms with Crippen LogP contribution in [0.25, 0.3) is 0 Å². The Kier molecular flexibility index (Phi) is 3.18. The summed E-state index contributed by atoms with van der Waals surface area (Å²) in [6.07, 6.45) is 5.23. The number of halogens is 1. The first kappa shape index (κ1) is 14.0. The number of hydrogen-bond donors (Lipinski definition) is 2. The highest BCUT2D eigenvalue weighted by molar-refractivity contribution is 5.87. The third kappa shape index (κ3) is 2.22. The summed E-state index contributed by atoms with van der Waals surface area (Å²) in [7, 11) is 0. The van der Waals surface area contributed by atoms with Crippen molar-refractivity contribution in [2.75, 3.05) is 5.32 Å². The predicted octanol–water partition coefficient (Wildman–Crippen LogP) is 4.35. The average molecular weight is 309 g/mol. The molecule has 1 aliphatic carbocycles. The summed E-state index contributed by atoms with van der Waals surface area (Å²) in [5.41, 5.74) is 2.81. The molecule has 0 spiro atoms. The molecule has 0 saturated carbocycles. The van der Waals surface area contributed by atoms with Gasteiger partial charge in [-0.15, -0.1) is 0 Å². The molecule has 2 aliphatic rings. The van der Waals surface area contributed by atoms with Crippen molar-refractivity contribution in [1.29, 1.82) is 0 Å². The van der Waals surface area contributed by atoms with E-state index in [0.717, 1.165) is 17.5 Å². The number of allylic oxidation sites excluding steroid dienone is 2. The predicted molar refractivity (Wildman–Crippen MR) is 86.2 cm³/mol. The van der Waals surface area contributed by atoms with Gasteiger partial charge < -0.3 is 10.4 Å². The molecular formula is C19H16FNO2. The van der Waals surface area contributed by atoms with Crippen LogP contribution in [0.5, 0.6) is 0 Å². The topological polar surface area (TPSA) is 49.3 Å². The lowest BCUT2D eigenvalue weighted by Gasteiger charge is -2.37. The Hall–Kier alpha value is -2.62. The second kappa shape index (κ2) is 5.23. The third-order valence-electron chi connectivity index (χ3n) is 4.86. The standard InChI is InChI=1S/C19H16FNO2/c20-16-6-2-5-15-13-3-1-4-14(13)17(21-18(15)16)11-7-9-12(10-8-11)19(22)23/h1-3,5-10,13-14,17,21H,4H2,(H,22,23)/t13-,14-,17+/m0/s1. The van der Waals surface area contributed by atoms with Gasteiger partial charge in [-0.3, -0.25) is 0 Å². The van der Waals surface area contributed by atoms with Crippen LogP contribution >= 0.6 is 0 Å². The molecule has 2 N–H and O–H groups in total. The Morgan fingerprint density at radius 3 is 2.70 bits per heavy atom. The molecule has 3 nitrogen and oxygen atoms in total. The van der Waals surface area contributed by atoms with Crippen LogP contribution in [0.2, 0.25) is 0 Å². The zero-order valence-electron chi connectivity index (χ0n) is 12.4. The van der Waals surface area contributed by atoms with Gasteiger partial charge in [0.25, 0.3) is 0 Å². The Bertz CT molecular complexity index is 798. The molecule has 0 radical (unpaired) electrons. The second-order valence-corrected chi connectivity index (χ2v) is 6.11. The van der Waals surface area contributed by atoms with Gasteiger partial charge >= 0.3 is 5.97 Å². The lowest BCUT2D eigenvalue weighted by Crippen LogP contribution is -2.29. The van der Waals surface area contributed by atoms with Crippen LogP contribution in [0.1, 0.15) is 39.9 Å². The summed E-state index contributed by atoms with van der Waals surface area (Å²) in [6.45, 7) is 0. The summed E-state index contributed by atoms with van der Waals surface area (Å²) >= 11 is 0. The lowest BCUT2D eigenvalue weighted by atomic mass is 9.77. The number of anilines is 1. The molecule has 3 atom stereocenters.